The summed E-state index contributed by atoms with van der Waals surface area (Å²) in [6.07, 6.45) is -7.00. The summed E-state index contributed by atoms with van der Waals surface area (Å²) in [5.74, 6) is -0.608. The summed E-state index contributed by atoms with van der Waals surface area (Å²) in [6.45, 7) is 0. The number of nitrogens with one attached hydrogen (secondary N) is 2. The van der Waals surface area contributed by atoms with Crippen LogP contribution in [-0.2, 0) is 10.9 Å². The number of alkyl carbamates (subject to hydrolysis) is 1. The molecule has 2 rings (SSSR count). The molecule has 2 aromatic carbocycles. The second-order valence-corrected chi connectivity index (χ2v) is 4.99. The van der Waals surface area contributed by atoms with Gasteiger partial charge >= 0.3 is 12.3 Å². The normalized spacial score (nSPS) is 12.2. The number of halogens is 3. The number of ketones is 1. The fourth-order valence-electron chi connectivity index (χ4n) is 2.12. The monoisotopic (exact) mass is 352 g/mol. The average molecular weight is 352 g/mol. The minimum absolute atomic E-state index is 0.223. The quantitative estimate of drug-likeness (QED) is 0.636. The summed E-state index contributed by atoms with van der Waals surface area (Å²) >= 11 is 0. The summed E-state index contributed by atoms with van der Waals surface area (Å²) in [4.78, 5) is 24.0. The van der Waals surface area contributed by atoms with E-state index in [2.05, 4.69) is 15.4 Å². The van der Waals surface area contributed by atoms with E-state index in [1.165, 1.54) is 30.3 Å². The maximum Gasteiger partial charge on any atom is 0.418 e. The third-order valence-electron chi connectivity index (χ3n) is 3.30. The lowest BCUT2D eigenvalue weighted by molar-refractivity contribution is -0.137. The molecule has 0 fully saturated rings. The Kier molecular flexibility index (Phi) is 5.63. The molecule has 132 valence electrons. The third kappa shape index (κ3) is 4.72. The Bertz CT molecular complexity index is 748. The number of amides is 1. The number of hydrogen-bond donors (Lipinski definition) is 2. The number of benzene rings is 2. The number of methoxy groups -OCH3 is 1. The lowest BCUT2D eigenvalue weighted by Crippen LogP contribution is -2.46. The molecule has 25 heavy (non-hydrogen) atoms. The van der Waals surface area contributed by atoms with Crippen LogP contribution >= 0.6 is 0 Å². The zero-order valence-corrected chi connectivity index (χ0v) is 13.1. The van der Waals surface area contributed by atoms with Gasteiger partial charge < -0.3 is 10.1 Å². The van der Waals surface area contributed by atoms with Crippen molar-refractivity contribution >= 4 is 17.6 Å². The van der Waals surface area contributed by atoms with Crippen molar-refractivity contribution < 1.29 is 27.5 Å². The first kappa shape index (κ1) is 18.3. The minimum Gasteiger partial charge on any atom is -0.453 e. The summed E-state index contributed by atoms with van der Waals surface area (Å²) in [5.41, 5.74) is -1.06. The van der Waals surface area contributed by atoms with Crippen LogP contribution in [0.25, 0.3) is 0 Å². The predicted molar refractivity (Wildman–Crippen MR) is 85.2 cm³/mol. The minimum atomic E-state index is -4.62. The second kappa shape index (κ2) is 7.69. The van der Waals surface area contributed by atoms with Gasteiger partial charge in [0.15, 0.2) is 6.17 Å². The van der Waals surface area contributed by atoms with Crippen LogP contribution in [-0.4, -0.2) is 25.2 Å². The number of rotatable bonds is 5. The lowest BCUT2D eigenvalue weighted by atomic mass is 10.1. The molecule has 0 saturated carbocycles. The molecule has 0 aliphatic carbocycles. The number of ether oxygens (including phenoxy) is 1. The van der Waals surface area contributed by atoms with Crippen molar-refractivity contribution in [3.05, 3.63) is 65.7 Å². The molecule has 2 N–H and O–H groups in total. The topological polar surface area (TPSA) is 67.4 Å². The molecule has 0 saturated heterocycles. The fourth-order valence-corrected chi connectivity index (χ4v) is 2.12. The lowest BCUT2D eigenvalue weighted by Gasteiger charge is -2.22. The molecule has 0 radical (unpaired) electrons. The molecule has 2 aromatic rings. The van der Waals surface area contributed by atoms with Crippen molar-refractivity contribution in [1.29, 1.82) is 0 Å². The van der Waals surface area contributed by atoms with E-state index in [-0.39, 0.29) is 11.3 Å². The van der Waals surface area contributed by atoms with Gasteiger partial charge in [-0.1, -0.05) is 42.5 Å². The van der Waals surface area contributed by atoms with Gasteiger partial charge in [0.2, 0.25) is 5.78 Å². The first-order chi connectivity index (χ1) is 11.8. The van der Waals surface area contributed by atoms with Gasteiger partial charge in [0, 0.05) is 11.3 Å². The second-order valence-electron chi connectivity index (χ2n) is 4.99. The standard InChI is InChI=1S/C17H15F3N2O3/c1-25-16(24)22-15(14(23)11-7-3-2-4-8-11)21-13-10-6-5-9-12(13)17(18,19)20/h2-10,15,21H,1H3,(H,22,24). The molecule has 1 amide bonds. The van der Waals surface area contributed by atoms with Gasteiger partial charge in [-0.25, -0.2) is 4.79 Å². The van der Waals surface area contributed by atoms with Crippen molar-refractivity contribution in [1.82, 2.24) is 5.32 Å². The van der Waals surface area contributed by atoms with Crippen molar-refractivity contribution in [2.45, 2.75) is 12.3 Å². The Morgan fingerprint density at radius 2 is 1.60 bits per heavy atom. The zero-order valence-electron chi connectivity index (χ0n) is 13.1. The Morgan fingerprint density at radius 1 is 1.00 bits per heavy atom. The smallest absolute Gasteiger partial charge is 0.418 e. The number of carbonyl (C=O) groups is 2. The summed E-state index contributed by atoms with van der Waals surface area (Å²) < 4.78 is 43.8. The molecule has 0 aliphatic rings. The van der Waals surface area contributed by atoms with Crippen LogP contribution in [0.4, 0.5) is 23.7 Å². The Morgan fingerprint density at radius 3 is 2.20 bits per heavy atom. The highest BCUT2D eigenvalue weighted by Gasteiger charge is 2.34. The maximum atomic E-state index is 13.1. The Balaban J connectivity index is 2.35. The van der Waals surface area contributed by atoms with Crippen molar-refractivity contribution in [2.24, 2.45) is 0 Å². The first-order valence-corrected chi connectivity index (χ1v) is 7.19. The third-order valence-corrected chi connectivity index (χ3v) is 3.30. The predicted octanol–water partition coefficient (Wildman–Crippen LogP) is 3.68. The SMILES string of the molecule is COC(=O)NC(Nc1ccccc1C(F)(F)F)C(=O)c1ccccc1. The van der Waals surface area contributed by atoms with Crippen molar-refractivity contribution in [3.8, 4) is 0 Å². The van der Waals surface area contributed by atoms with Crippen molar-refractivity contribution in [3.63, 3.8) is 0 Å². The average Bonchev–Trinajstić information content (AvgIpc) is 2.60. The largest absolute Gasteiger partial charge is 0.453 e. The van der Waals surface area contributed by atoms with Crippen LogP contribution in [0.3, 0.4) is 0 Å². The highest BCUT2D eigenvalue weighted by molar-refractivity contribution is 6.02. The van der Waals surface area contributed by atoms with E-state index in [1.807, 2.05) is 0 Å². The van der Waals surface area contributed by atoms with E-state index in [0.29, 0.717) is 0 Å². The van der Waals surface area contributed by atoms with Gasteiger partial charge in [-0.15, -0.1) is 0 Å². The molecule has 1 unspecified atom stereocenters. The summed E-state index contributed by atoms with van der Waals surface area (Å²) in [7, 11) is 1.09. The van der Waals surface area contributed by atoms with Crippen LogP contribution in [0.5, 0.6) is 0 Å². The molecule has 0 spiro atoms. The number of hydrogen-bond acceptors (Lipinski definition) is 4. The van der Waals surface area contributed by atoms with E-state index in [9.17, 15) is 22.8 Å². The molecule has 0 heterocycles. The van der Waals surface area contributed by atoms with Crippen LogP contribution in [0.15, 0.2) is 54.6 Å². The molecule has 1 atom stereocenters. The number of para-hydroxylation sites is 1. The number of anilines is 1. The van der Waals surface area contributed by atoms with Gasteiger partial charge in [0.05, 0.1) is 12.7 Å². The highest BCUT2D eigenvalue weighted by atomic mass is 19.4. The number of Topliss-reactive ketones (excluding diaryl/α,β-unsaturated/α-hetero) is 1. The van der Waals surface area contributed by atoms with Crippen LogP contribution in [0, 0.1) is 0 Å². The van der Waals surface area contributed by atoms with Crippen molar-refractivity contribution in [2.75, 3.05) is 12.4 Å². The van der Waals surface area contributed by atoms with Crippen LogP contribution in [0.2, 0.25) is 0 Å². The van der Waals surface area contributed by atoms with Crippen LogP contribution in [0.1, 0.15) is 15.9 Å². The summed E-state index contributed by atoms with van der Waals surface area (Å²) in [5, 5.41) is 4.64. The van der Waals surface area contributed by atoms with E-state index in [4.69, 9.17) is 0 Å². The first-order valence-electron chi connectivity index (χ1n) is 7.19. The van der Waals surface area contributed by atoms with E-state index in [0.717, 1.165) is 13.2 Å². The van der Waals surface area contributed by atoms with E-state index in [1.54, 1.807) is 18.2 Å². The van der Waals surface area contributed by atoms with Gasteiger partial charge in [-0.05, 0) is 12.1 Å². The van der Waals surface area contributed by atoms with Gasteiger partial charge in [-0.3, -0.25) is 10.1 Å². The number of carbonyl (C=O) groups excluding carboxylic acids is 2. The zero-order chi connectivity index (χ0) is 18.4. The van der Waals surface area contributed by atoms with E-state index < -0.39 is 29.8 Å². The fraction of sp³-hybridized carbons (Fsp3) is 0.176. The summed E-state index contributed by atoms with van der Waals surface area (Å²) in [6, 6.07) is 12.6. The molecular formula is C17H15F3N2O3. The van der Waals surface area contributed by atoms with Gasteiger partial charge in [0.25, 0.3) is 0 Å². The number of alkyl halides is 3. The molecule has 8 heteroatoms. The molecule has 0 aromatic heterocycles. The Hall–Kier alpha value is -3.03. The Labute approximate surface area is 141 Å². The molecular weight excluding hydrogens is 337 g/mol. The van der Waals surface area contributed by atoms with Crippen LogP contribution < -0.4 is 10.6 Å². The molecule has 5 nitrogen and oxygen atoms in total. The molecule has 0 bridgehead atoms. The molecule has 0 aliphatic heterocycles. The van der Waals surface area contributed by atoms with Gasteiger partial charge in [-0.2, -0.15) is 13.2 Å². The van der Waals surface area contributed by atoms with E-state index >= 15 is 0 Å². The highest BCUT2D eigenvalue weighted by Crippen LogP contribution is 2.34. The van der Waals surface area contributed by atoms with Gasteiger partial charge in [0.1, 0.15) is 0 Å². The maximum absolute atomic E-state index is 13.1.